The van der Waals surface area contributed by atoms with Crippen LogP contribution in [0.3, 0.4) is 0 Å². The maximum Gasteiger partial charge on any atom is 0.348 e. The average molecular weight is 344 g/mol. The van der Waals surface area contributed by atoms with Crippen molar-refractivity contribution in [3.63, 3.8) is 0 Å². The van der Waals surface area contributed by atoms with Crippen LogP contribution in [-0.2, 0) is 27.2 Å². The molecule has 2 N–H and O–H groups in total. The number of ether oxygens (including phenoxy) is 1. The molecule has 0 unspecified atom stereocenters. The van der Waals surface area contributed by atoms with Gasteiger partial charge in [-0.2, -0.15) is 0 Å². The molecule has 0 radical (unpaired) electrons. The van der Waals surface area contributed by atoms with Gasteiger partial charge in [0, 0.05) is 11.8 Å². The maximum atomic E-state index is 12.1. The van der Waals surface area contributed by atoms with Crippen LogP contribution in [0.15, 0.2) is 30.3 Å². The van der Waals surface area contributed by atoms with Crippen LogP contribution in [0.5, 0.6) is 0 Å². The van der Waals surface area contributed by atoms with Crippen molar-refractivity contribution in [3.05, 3.63) is 46.3 Å². The summed E-state index contributed by atoms with van der Waals surface area (Å²) in [6.45, 7) is 0.818. The molecule has 1 heterocycles. The van der Waals surface area contributed by atoms with Crippen LogP contribution < -0.4 is 10.9 Å². The minimum atomic E-state index is -0.592. The van der Waals surface area contributed by atoms with E-state index in [4.69, 9.17) is 4.74 Å². The molecule has 3 rings (SSSR count). The van der Waals surface area contributed by atoms with Crippen molar-refractivity contribution in [2.24, 2.45) is 0 Å². The van der Waals surface area contributed by atoms with Gasteiger partial charge in [-0.25, -0.2) is 4.79 Å². The first kappa shape index (κ1) is 16.2. The van der Waals surface area contributed by atoms with E-state index in [1.807, 2.05) is 18.2 Å². The standard InChI is InChI=1S/C17H16N2O4S/c1-10(20)18-19-15(21)9-23-17(22)14-8-12-7-6-11-4-2-3-5-13(11)16(12)24-14/h2-5,8H,6-7,9H2,1H3,(H,18,20)(H,19,21). The second kappa shape index (κ2) is 6.84. The predicted octanol–water partition coefficient (Wildman–Crippen LogP) is 1.84. The van der Waals surface area contributed by atoms with E-state index in [0.29, 0.717) is 4.88 Å². The molecule has 0 bridgehead atoms. The van der Waals surface area contributed by atoms with Gasteiger partial charge in [0.15, 0.2) is 6.61 Å². The van der Waals surface area contributed by atoms with E-state index in [1.54, 1.807) is 0 Å². The lowest BCUT2D eigenvalue weighted by Gasteiger charge is -2.15. The monoisotopic (exact) mass is 344 g/mol. The van der Waals surface area contributed by atoms with E-state index in [9.17, 15) is 14.4 Å². The molecule has 0 saturated heterocycles. The number of benzene rings is 1. The summed E-state index contributed by atoms with van der Waals surface area (Å²) >= 11 is 1.38. The zero-order valence-corrected chi connectivity index (χ0v) is 13.9. The van der Waals surface area contributed by atoms with Crippen molar-refractivity contribution in [2.45, 2.75) is 19.8 Å². The molecule has 7 heteroatoms. The van der Waals surface area contributed by atoms with Crippen molar-refractivity contribution >= 4 is 29.1 Å². The molecule has 1 aliphatic carbocycles. The SMILES string of the molecule is CC(=O)NNC(=O)COC(=O)c1cc2c(s1)-c1ccccc1CC2. The highest BCUT2D eigenvalue weighted by atomic mass is 32.1. The van der Waals surface area contributed by atoms with Crippen molar-refractivity contribution in [3.8, 4) is 10.4 Å². The first-order valence-corrected chi connectivity index (χ1v) is 8.30. The van der Waals surface area contributed by atoms with Crippen molar-refractivity contribution in [2.75, 3.05) is 6.61 Å². The number of esters is 1. The number of fused-ring (bicyclic) bond motifs is 3. The molecule has 0 aliphatic heterocycles. The van der Waals surface area contributed by atoms with Crippen LogP contribution in [0.4, 0.5) is 0 Å². The van der Waals surface area contributed by atoms with E-state index < -0.39 is 24.4 Å². The Morgan fingerprint density at radius 1 is 1.12 bits per heavy atom. The van der Waals surface area contributed by atoms with Gasteiger partial charge in [-0.1, -0.05) is 24.3 Å². The summed E-state index contributed by atoms with van der Waals surface area (Å²) in [4.78, 5) is 35.8. The van der Waals surface area contributed by atoms with Crippen molar-refractivity contribution < 1.29 is 19.1 Å². The third kappa shape index (κ3) is 3.46. The van der Waals surface area contributed by atoms with Crippen LogP contribution in [0.1, 0.15) is 27.7 Å². The van der Waals surface area contributed by atoms with Gasteiger partial charge in [0.2, 0.25) is 5.91 Å². The number of hydrazine groups is 1. The predicted molar refractivity (Wildman–Crippen MR) is 89.4 cm³/mol. The zero-order valence-electron chi connectivity index (χ0n) is 13.0. The fourth-order valence-corrected chi connectivity index (χ4v) is 3.73. The molecule has 24 heavy (non-hydrogen) atoms. The Labute approximate surface area is 142 Å². The van der Waals surface area contributed by atoms with Crippen LogP contribution in [0.25, 0.3) is 10.4 Å². The molecule has 0 saturated carbocycles. The Morgan fingerprint density at radius 2 is 1.88 bits per heavy atom. The smallest absolute Gasteiger partial charge is 0.348 e. The van der Waals surface area contributed by atoms with E-state index in [1.165, 1.54) is 23.8 Å². The average Bonchev–Trinajstić information content (AvgIpc) is 3.02. The Hall–Kier alpha value is -2.67. The van der Waals surface area contributed by atoms with Crippen molar-refractivity contribution in [1.82, 2.24) is 10.9 Å². The number of hydrogen-bond acceptors (Lipinski definition) is 5. The minimum absolute atomic E-state index is 0.403. The molecule has 6 nitrogen and oxygen atoms in total. The van der Waals surface area contributed by atoms with Gasteiger partial charge < -0.3 is 4.74 Å². The highest BCUT2D eigenvalue weighted by molar-refractivity contribution is 7.17. The lowest BCUT2D eigenvalue weighted by atomic mass is 9.91. The summed E-state index contributed by atoms with van der Waals surface area (Å²) in [6.07, 6.45) is 1.84. The molecule has 1 aliphatic rings. The number of rotatable bonds is 3. The van der Waals surface area contributed by atoms with E-state index in [2.05, 4.69) is 23.0 Å². The quantitative estimate of drug-likeness (QED) is 0.657. The highest BCUT2D eigenvalue weighted by Crippen LogP contribution is 2.39. The number of nitrogens with one attached hydrogen (secondary N) is 2. The highest BCUT2D eigenvalue weighted by Gasteiger charge is 2.22. The minimum Gasteiger partial charge on any atom is -0.451 e. The fraction of sp³-hybridized carbons (Fsp3) is 0.235. The van der Waals surface area contributed by atoms with Crippen LogP contribution in [-0.4, -0.2) is 24.4 Å². The Bertz CT molecular complexity index is 813. The number of carbonyl (C=O) groups excluding carboxylic acids is 3. The Morgan fingerprint density at radius 3 is 2.67 bits per heavy atom. The summed E-state index contributed by atoms with van der Waals surface area (Å²) in [5.74, 6) is -1.53. The molecule has 1 aromatic heterocycles. The van der Waals surface area contributed by atoms with Gasteiger partial charge in [-0.3, -0.25) is 20.4 Å². The molecule has 0 atom stereocenters. The first-order valence-electron chi connectivity index (χ1n) is 7.48. The topological polar surface area (TPSA) is 84.5 Å². The molecule has 0 fully saturated rings. The maximum absolute atomic E-state index is 12.1. The summed E-state index contributed by atoms with van der Waals surface area (Å²) in [6, 6.07) is 9.99. The van der Waals surface area contributed by atoms with Gasteiger partial charge in [0.1, 0.15) is 4.88 Å². The number of thiophene rings is 1. The Kier molecular flexibility index (Phi) is 4.61. The summed E-state index contributed by atoms with van der Waals surface area (Å²) in [7, 11) is 0. The number of amides is 2. The zero-order chi connectivity index (χ0) is 17.1. The van der Waals surface area contributed by atoms with E-state index in [-0.39, 0.29) is 0 Å². The summed E-state index contributed by atoms with van der Waals surface area (Å²) in [5.41, 5.74) is 7.84. The number of hydrogen-bond donors (Lipinski definition) is 2. The first-order chi connectivity index (χ1) is 11.5. The molecule has 1 aromatic carbocycles. The molecular weight excluding hydrogens is 328 g/mol. The van der Waals surface area contributed by atoms with Gasteiger partial charge in [0.05, 0.1) is 0 Å². The second-order valence-electron chi connectivity index (χ2n) is 5.43. The van der Waals surface area contributed by atoms with E-state index >= 15 is 0 Å². The Balaban J connectivity index is 1.67. The normalized spacial score (nSPS) is 11.9. The lowest BCUT2D eigenvalue weighted by Crippen LogP contribution is -2.42. The number of aryl methyl sites for hydroxylation is 2. The molecule has 2 aromatic rings. The van der Waals surface area contributed by atoms with Gasteiger partial charge in [-0.15, -0.1) is 11.3 Å². The summed E-state index contributed by atoms with van der Waals surface area (Å²) < 4.78 is 5.00. The van der Waals surface area contributed by atoms with Gasteiger partial charge in [-0.05, 0) is 35.6 Å². The lowest BCUT2D eigenvalue weighted by molar-refractivity contribution is -0.129. The fourth-order valence-electron chi connectivity index (χ4n) is 2.57. The van der Waals surface area contributed by atoms with Gasteiger partial charge >= 0.3 is 5.97 Å². The van der Waals surface area contributed by atoms with Crippen LogP contribution >= 0.6 is 11.3 Å². The molecular formula is C17H16N2O4S. The molecule has 124 valence electrons. The van der Waals surface area contributed by atoms with Crippen LogP contribution in [0, 0.1) is 0 Å². The van der Waals surface area contributed by atoms with Crippen LogP contribution in [0.2, 0.25) is 0 Å². The third-order valence-electron chi connectivity index (χ3n) is 3.65. The van der Waals surface area contributed by atoms with Gasteiger partial charge in [0.25, 0.3) is 5.91 Å². The second-order valence-corrected chi connectivity index (χ2v) is 6.48. The summed E-state index contributed by atoms with van der Waals surface area (Å²) in [5, 5.41) is 0. The molecule has 2 amide bonds. The van der Waals surface area contributed by atoms with E-state index in [0.717, 1.165) is 28.8 Å². The number of carbonyl (C=O) groups is 3. The largest absolute Gasteiger partial charge is 0.451 e. The molecule has 0 spiro atoms. The third-order valence-corrected chi connectivity index (χ3v) is 4.84. The van der Waals surface area contributed by atoms with Crippen molar-refractivity contribution in [1.29, 1.82) is 0 Å².